The van der Waals surface area contributed by atoms with Crippen molar-refractivity contribution in [2.75, 3.05) is 0 Å². The lowest BCUT2D eigenvalue weighted by Crippen LogP contribution is -2.05. The van der Waals surface area contributed by atoms with Crippen molar-refractivity contribution in [1.82, 2.24) is 0 Å². The Morgan fingerprint density at radius 2 is 1.67 bits per heavy atom. The normalized spacial score (nSPS) is 11.4. The summed E-state index contributed by atoms with van der Waals surface area (Å²) in [5, 5.41) is 8.27. The standard InChI is InChI=1S/C10H8O7S/c11-9(12)5-6-10(13)17-7-1-3-8(4-2-7)18(14,15)16/h1-6H,(H,11,12)(H,14,15,16). The number of esters is 1. The minimum absolute atomic E-state index is 0.0161. The fourth-order valence-electron chi connectivity index (χ4n) is 0.969. The molecular formula is C10H8O7S. The molecule has 0 aliphatic rings. The second kappa shape index (κ2) is 5.43. The second-order valence-electron chi connectivity index (χ2n) is 3.04. The molecule has 96 valence electrons. The third-order valence-corrected chi connectivity index (χ3v) is 2.57. The molecule has 0 radical (unpaired) electrons. The summed E-state index contributed by atoms with van der Waals surface area (Å²) >= 11 is 0. The molecule has 1 rings (SSSR count). The monoisotopic (exact) mass is 272 g/mol. The van der Waals surface area contributed by atoms with Gasteiger partial charge in [-0.1, -0.05) is 0 Å². The number of ether oxygens (including phenoxy) is 1. The third kappa shape index (κ3) is 4.36. The van der Waals surface area contributed by atoms with Crippen LogP contribution in [0.3, 0.4) is 0 Å². The molecule has 0 atom stereocenters. The van der Waals surface area contributed by atoms with Crippen LogP contribution in [-0.2, 0) is 19.7 Å². The first-order valence-corrected chi connectivity index (χ1v) is 5.93. The van der Waals surface area contributed by atoms with E-state index in [-0.39, 0.29) is 10.6 Å². The lowest BCUT2D eigenvalue weighted by molar-refractivity contribution is -0.133. The van der Waals surface area contributed by atoms with Gasteiger partial charge in [-0.05, 0) is 24.3 Å². The van der Waals surface area contributed by atoms with Crippen molar-refractivity contribution in [2.45, 2.75) is 4.90 Å². The van der Waals surface area contributed by atoms with Crippen LogP contribution in [-0.4, -0.2) is 30.0 Å². The van der Waals surface area contributed by atoms with Crippen LogP contribution in [0.5, 0.6) is 5.75 Å². The van der Waals surface area contributed by atoms with Crippen molar-refractivity contribution >= 4 is 22.1 Å². The minimum Gasteiger partial charge on any atom is -0.478 e. The Morgan fingerprint density at radius 1 is 1.11 bits per heavy atom. The van der Waals surface area contributed by atoms with Crippen LogP contribution in [0.1, 0.15) is 0 Å². The number of benzene rings is 1. The van der Waals surface area contributed by atoms with Crippen LogP contribution >= 0.6 is 0 Å². The summed E-state index contributed by atoms with van der Waals surface area (Å²) in [7, 11) is -4.30. The zero-order valence-corrected chi connectivity index (χ0v) is 9.62. The van der Waals surface area contributed by atoms with Crippen LogP contribution in [0.15, 0.2) is 41.3 Å². The van der Waals surface area contributed by atoms with Gasteiger partial charge in [0.15, 0.2) is 0 Å². The van der Waals surface area contributed by atoms with Gasteiger partial charge in [-0.25, -0.2) is 9.59 Å². The van der Waals surface area contributed by atoms with Crippen molar-refractivity contribution in [3.8, 4) is 5.75 Å². The molecule has 0 fully saturated rings. The smallest absolute Gasteiger partial charge is 0.336 e. The molecular weight excluding hydrogens is 264 g/mol. The summed E-state index contributed by atoms with van der Waals surface area (Å²) in [4.78, 5) is 20.8. The molecule has 1 aromatic rings. The van der Waals surface area contributed by atoms with Crippen LogP contribution in [0.4, 0.5) is 0 Å². The summed E-state index contributed by atoms with van der Waals surface area (Å²) in [6.45, 7) is 0. The topological polar surface area (TPSA) is 118 Å². The van der Waals surface area contributed by atoms with Crippen LogP contribution < -0.4 is 4.74 Å². The first-order valence-electron chi connectivity index (χ1n) is 4.49. The SMILES string of the molecule is O=C(O)C=CC(=O)Oc1ccc(S(=O)(=O)O)cc1. The van der Waals surface area contributed by atoms with Gasteiger partial charge in [0.2, 0.25) is 0 Å². The summed E-state index contributed by atoms with van der Waals surface area (Å²) in [6, 6.07) is 4.38. The summed E-state index contributed by atoms with van der Waals surface area (Å²) in [5.41, 5.74) is 0. The molecule has 0 aliphatic heterocycles. The summed E-state index contributed by atoms with van der Waals surface area (Å²) in [5.74, 6) is -2.20. The van der Waals surface area contributed by atoms with E-state index in [9.17, 15) is 18.0 Å². The highest BCUT2D eigenvalue weighted by molar-refractivity contribution is 7.85. The van der Waals surface area contributed by atoms with Gasteiger partial charge < -0.3 is 9.84 Å². The Labute approximate surface area is 102 Å². The largest absolute Gasteiger partial charge is 0.478 e. The van der Waals surface area contributed by atoms with E-state index >= 15 is 0 Å². The molecule has 8 heteroatoms. The number of carbonyl (C=O) groups excluding carboxylic acids is 1. The second-order valence-corrected chi connectivity index (χ2v) is 4.46. The maximum absolute atomic E-state index is 11.1. The molecule has 0 heterocycles. The molecule has 0 amide bonds. The molecule has 0 saturated carbocycles. The Balaban J connectivity index is 2.76. The molecule has 0 spiro atoms. The van der Waals surface area contributed by atoms with Gasteiger partial charge in [0.25, 0.3) is 10.1 Å². The number of hydrogen-bond donors (Lipinski definition) is 2. The Bertz CT molecular complexity index is 583. The van der Waals surface area contributed by atoms with Crippen molar-refractivity contribution in [2.24, 2.45) is 0 Å². The number of carbonyl (C=O) groups is 2. The van der Waals surface area contributed by atoms with Crippen LogP contribution in [0, 0.1) is 0 Å². The molecule has 18 heavy (non-hydrogen) atoms. The third-order valence-electron chi connectivity index (χ3n) is 1.70. The first-order chi connectivity index (χ1) is 8.29. The Kier molecular flexibility index (Phi) is 4.18. The average Bonchev–Trinajstić information content (AvgIpc) is 2.26. The maximum Gasteiger partial charge on any atom is 0.336 e. The van der Waals surface area contributed by atoms with E-state index < -0.39 is 22.1 Å². The quantitative estimate of drug-likeness (QED) is 0.354. The van der Waals surface area contributed by atoms with Gasteiger partial charge in [-0.3, -0.25) is 4.55 Å². The van der Waals surface area contributed by atoms with Gasteiger partial charge in [0, 0.05) is 12.2 Å². The van der Waals surface area contributed by atoms with Crippen LogP contribution in [0.25, 0.3) is 0 Å². The van der Waals surface area contributed by atoms with E-state index in [2.05, 4.69) is 4.74 Å². The highest BCUT2D eigenvalue weighted by atomic mass is 32.2. The molecule has 7 nitrogen and oxygen atoms in total. The molecule has 2 N–H and O–H groups in total. The lowest BCUT2D eigenvalue weighted by atomic mass is 10.3. The molecule has 0 bridgehead atoms. The predicted octanol–water partition coefficient (Wildman–Crippen LogP) is 0.479. The molecule has 0 saturated heterocycles. The van der Waals surface area contributed by atoms with E-state index in [0.717, 1.165) is 24.3 Å². The van der Waals surface area contributed by atoms with E-state index in [4.69, 9.17) is 9.66 Å². The maximum atomic E-state index is 11.1. The van der Waals surface area contributed by atoms with E-state index in [1.165, 1.54) is 0 Å². The van der Waals surface area contributed by atoms with Crippen molar-refractivity contribution in [1.29, 1.82) is 0 Å². The van der Waals surface area contributed by atoms with Gasteiger partial charge >= 0.3 is 11.9 Å². The number of aliphatic carboxylic acids is 1. The van der Waals surface area contributed by atoms with Gasteiger partial charge in [0.1, 0.15) is 5.75 Å². The summed E-state index contributed by atoms with van der Waals surface area (Å²) in [6.07, 6.45) is 1.31. The zero-order valence-electron chi connectivity index (χ0n) is 8.81. The zero-order chi connectivity index (χ0) is 13.8. The van der Waals surface area contributed by atoms with Crippen molar-refractivity contribution in [3.05, 3.63) is 36.4 Å². The predicted molar refractivity (Wildman–Crippen MR) is 58.7 cm³/mol. The van der Waals surface area contributed by atoms with Crippen molar-refractivity contribution in [3.63, 3.8) is 0 Å². The highest BCUT2D eigenvalue weighted by Gasteiger charge is 2.09. The van der Waals surface area contributed by atoms with E-state index in [0.29, 0.717) is 12.2 Å². The lowest BCUT2D eigenvalue weighted by Gasteiger charge is -2.01. The minimum atomic E-state index is -4.30. The molecule has 0 unspecified atom stereocenters. The molecule has 0 aromatic heterocycles. The number of carboxylic acids is 1. The number of carboxylic acid groups (broad SMARTS) is 1. The van der Waals surface area contributed by atoms with Gasteiger partial charge in [-0.2, -0.15) is 8.42 Å². The summed E-state index contributed by atoms with van der Waals surface area (Å²) < 4.78 is 34.8. The van der Waals surface area contributed by atoms with Crippen LogP contribution in [0.2, 0.25) is 0 Å². The average molecular weight is 272 g/mol. The van der Waals surface area contributed by atoms with Gasteiger partial charge in [-0.15, -0.1) is 0 Å². The fraction of sp³-hybridized carbons (Fsp3) is 0. The van der Waals surface area contributed by atoms with Gasteiger partial charge in [0.05, 0.1) is 4.90 Å². The molecule has 0 aliphatic carbocycles. The van der Waals surface area contributed by atoms with E-state index in [1.54, 1.807) is 0 Å². The first kappa shape index (κ1) is 13.9. The number of rotatable bonds is 4. The highest BCUT2D eigenvalue weighted by Crippen LogP contribution is 2.15. The fourth-order valence-corrected chi connectivity index (χ4v) is 1.45. The Morgan fingerprint density at radius 3 is 2.11 bits per heavy atom. The number of hydrogen-bond acceptors (Lipinski definition) is 5. The Hall–Kier alpha value is -2.19. The van der Waals surface area contributed by atoms with E-state index in [1.807, 2.05) is 0 Å². The molecule has 1 aromatic carbocycles. The van der Waals surface area contributed by atoms with Crippen molar-refractivity contribution < 1.29 is 32.4 Å².